The summed E-state index contributed by atoms with van der Waals surface area (Å²) in [5.74, 6) is -0.234. The molecule has 0 spiro atoms. The maximum Gasteiger partial charge on any atom is 0.308 e. The van der Waals surface area contributed by atoms with E-state index in [9.17, 15) is 18.0 Å². The Labute approximate surface area is 175 Å². The number of nitrogens with zero attached hydrogens (tertiary/aromatic N) is 2. The van der Waals surface area contributed by atoms with Crippen molar-refractivity contribution in [3.63, 3.8) is 0 Å². The highest BCUT2D eigenvalue weighted by atomic mass is 32.2. The SMILES string of the molecule is CC(=O)Oc1ccc(N(N(C=O)c2ccccc2)S(=O)(=O)c2ccc(C)cc2)cc1. The van der Waals surface area contributed by atoms with Crippen molar-refractivity contribution in [1.82, 2.24) is 0 Å². The lowest BCUT2D eigenvalue weighted by molar-refractivity contribution is -0.131. The highest BCUT2D eigenvalue weighted by molar-refractivity contribution is 7.93. The number of hydrogen-bond donors (Lipinski definition) is 0. The summed E-state index contributed by atoms with van der Waals surface area (Å²) in [7, 11) is -4.15. The Morgan fingerprint density at radius 2 is 1.47 bits per heavy atom. The number of carbonyl (C=O) groups excluding carboxylic acids is 2. The molecule has 0 aliphatic rings. The van der Waals surface area contributed by atoms with Gasteiger partial charge >= 0.3 is 5.97 Å². The zero-order chi connectivity index (χ0) is 21.7. The van der Waals surface area contributed by atoms with E-state index in [1.807, 2.05) is 6.92 Å². The summed E-state index contributed by atoms with van der Waals surface area (Å²) in [4.78, 5) is 23.2. The van der Waals surface area contributed by atoms with Crippen molar-refractivity contribution < 1.29 is 22.7 Å². The third-order valence-corrected chi connectivity index (χ3v) is 5.89. The number of benzene rings is 3. The lowest BCUT2D eigenvalue weighted by Crippen LogP contribution is -2.46. The molecule has 3 aromatic rings. The quantitative estimate of drug-likeness (QED) is 0.250. The second kappa shape index (κ2) is 8.79. The summed E-state index contributed by atoms with van der Waals surface area (Å²) >= 11 is 0. The number of hydrazine groups is 1. The lowest BCUT2D eigenvalue weighted by atomic mass is 10.2. The number of aryl methyl sites for hydroxylation is 1. The number of esters is 1. The first-order chi connectivity index (χ1) is 14.3. The van der Waals surface area contributed by atoms with Crippen LogP contribution in [0.2, 0.25) is 0 Å². The molecule has 30 heavy (non-hydrogen) atoms. The van der Waals surface area contributed by atoms with Crippen molar-refractivity contribution in [3.05, 3.63) is 84.4 Å². The van der Waals surface area contributed by atoms with Crippen LogP contribution in [0.3, 0.4) is 0 Å². The summed E-state index contributed by atoms with van der Waals surface area (Å²) in [6, 6.07) is 20.6. The van der Waals surface area contributed by atoms with Gasteiger partial charge in [0.15, 0.2) is 0 Å². The minimum atomic E-state index is -4.15. The topological polar surface area (TPSA) is 84.0 Å². The molecule has 0 fully saturated rings. The summed E-state index contributed by atoms with van der Waals surface area (Å²) in [6.45, 7) is 3.12. The minimum absolute atomic E-state index is 0.0277. The van der Waals surface area contributed by atoms with E-state index in [4.69, 9.17) is 4.74 Å². The maximum atomic E-state index is 13.5. The highest BCUT2D eigenvalue weighted by Crippen LogP contribution is 2.30. The van der Waals surface area contributed by atoms with Crippen LogP contribution < -0.4 is 14.2 Å². The predicted octanol–water partition coefficient (Wildman–Crippen LogP) is 3.69. The fourth-order valence-corrected chi connectivity index (χ4v) is 4.23. The molecular formula is C22H20N2O5S. The van der Waals surface area contributed by atoms with E-state index >= 15 is 0 Å². The van der Waals surface area contributed by atoms with Crippen LogP contribution in [-0.2, 0) is 19.6 Å². The van der Waals surface area contributed by atoms with Crippen molar-refractivity contribution >= 4 is 33.8 Å². The van der Waals surface area contributed by atoms with Gasteiger partial charge in [0.2, 0.25) is 6.41 Å². The molecule has 0 saturated heterocycles. The third-order valence-electron chi connectivity index (χ3n) is 4.18. The van der Waals surface area contributed by atoms with Gasteiger partial charge in [-0.2, -0.15) is 12.8 Å². The molecule has 8 heteroatoms. The van der Waals surface area contributed by atoms with Crippen LogP contribution >= 0.6 is 0 Å². The van der Waals surface area contributed by atoms with Gasteiger partial charge in [-0.3, -0.25) is 9.59 Å². The number of rotatable bonds is 7. The van der Waals surface area contributed by atoms with Gasteiger partial charge in [0.1, 0.15) is 5.75 Å². The molecule has 0 saturated carbocycles. The van der Waals surface area contributed by atoms with Crippen molar-refractivity contribution in [1.29, 1.82) is 0 Å². The minimum Gasteiger partial charge on any atom is -0.427 e. The Kier molecular flexibility index (Phi) is 6.17. The van der Waals surface area contributed by atoms with Crippen molar-refractivity contribution in [2.45, 2.75) is 18.7 Å². The Morgan fingerprint density at radius 1 is 0.867 bits per heavy atom. The van der Waals surface area contributed by atoms with Gasteiger partial charge in [-0.25, -0.2) is 5.01 Å². The molecule has 0 aliphatic carbocycles. The molecule has 0 bridgehead atoms. The normalized spacial score (nSPS) is 10.9. The van der Waals surface area contributed by atoms with Crippen LogP contribution in [0, 0.1) is 6.92 Å². The predicted molar refractivity (Wildman–Crippen MR) is 114 cm³/mol. The molecule has 0 N–H and O–H groups in total. The van der Waals surface area contributed by atoms with Crippen LogP contribution in [0.1, 0.15) is 12.5 Å². The molecule has 0 heterocycles. The smallest absolute Gasteiger partial charge is 0.308 e. The second-order valence-electron chi connectivity index (χ2n) is 6.43. The maximum absolute atomic E-state index is 13.5. The van der Waals surface area contributed by atoms with Gasteiger partial charge in [-0.15, -0.1) is 0 Å². The Hall–Kier alpha value is -3.65. The van der Waals surface area contributed by atoms with Gasteiger partial charge in [0.25, 0.3) is 10.0 Å². The molecule has 0 radical (unpaired) electrons. The summed E-state index contributed by atoms with van der Waals surface area (Å²) in [6.07, 6.45) is 0.432. The van der Waals surface area contributed by atoms with E-state index in [0.717, 1.165) is 15.0 Å². The van der Waals surface area contributed by atoms with Crippen molar-refractivity contribution in [2.75, 3.05) is 9.42 Å². The zero-order valence-corrected chi connectivity index (χ0v) is 17.2. The fraction of sp³-hybridized carbons (Fsp3) is 0.0909. The molecule has 0 aliphatic heterocycles. The third kappa shape index (κ3) is 4.49. The Bertz CT molecular complexity index is 1130. The van der Waals surface area contributed by atoms with Crippen LogP contribution in [0.15, 0.2) is 83.8 Å². The molecule has 0 unspecified atom stereocenters. The number of carbonyl (C=O) groups is 2. The number of ether oxygens (including phenoxy) is 1. The summed E-state index contributed by atoms with van der Waals surface area (Å²) in [5.41, 5.74) is 1.47. The number of sulfonamides is 1. The largest absolute Gasteiger partial charge is 0.427 e. The van der Waals surface area contributed by atoms with Gasteiger partial charge in [0.05, 0.1) is 16.3 Å². The van der Waals surface area contributed by atoms with E-state index in [-0.39, 0.29) is 16.3 Å². The average molecular weight is 424 g/mol. The van der Waals surface area contributed by atoms with Crippen molar-refractivity contribution in [3.8, 4) is 5.75 Å². The van der Waals surface area contributed by atoms with E-state index in [1.165, 1.54) is 43.3 Å². The zero-order valence-electron chi connectivity index (χ0n) is 16.4. The molecule has 0 atom stereocenters. The molecular weight excluding hydrogens is 404 g/mol. The van der Waals surface area contributed by atoms with E-state index in [0.29, 0.717) is 12.1 Å². The fourth-order valence-electron chi connectivity index (χ4n) is 2.79. The number of anilines is 2. The molecule has 7 nitrogen and oxygen atoms in total. The number of hydrogen-bond acceptors (Lipinski definition) is 5. The van der Waals surface area contributed by atoms with Crippen LogP contribution in [0.25, 0.3) is 0 Å². The average Bonchev–Trinajstić information content (AvgIpc) is 2.73. The Morgan fingerprint density at radius 3 is 2.00 bits per heavy atom. The number of amides is 1. The van der Waals surface area contributed by atoms with Crippen LogP contribution in [-0.4, -0.2) is 20.8 Å². The molecule has 154 valence electrons. The summed E-state index contributed by atoms with van der Waals surface area (Å²) < 4.78 is 33.0. The lowest BCUT2D eigenvalue weighted by Gasteiger charge is -2.32. The first-order valence-corrected chi connectivity index (χ1v) is 10.5. The standard InChI is InChI=1S/C22H20N2O5S/c1-17-8-14-22(15-9-17)30(27,28)24(23(16-25)19-6-4-3-5-7-19)20-10-12-21(13-11-20)29-18(2)26/h3-16H,1-2H3. The van der Waals surface area contributed by atoms with E-state index in [2.05, 4.69) is 0 Å². The van der Waals surface area contributed by atoms with E-state index < -0.39 is 16.0 Å². The van der Waals surface area contributed by atoms with Gasteiger partial charge < -0.3 is 4.74 Å². The number of para-hydroxylation sites is 1. The summed E-state index contributed by atoms with van der Waals surface area (Å²) in [5, 5.41) is 1.01. The van der Waals surface area contributed by atoms with Gasteiger partial charge in [0, 0.05) is 6.92 Å². The first-order valence-electron chi connectivity index (χ1n) is 9.03. The van der Waals surface area contributed by atoms with Crippen molar-refractivity contribution in [2.24, 2.45) is 0 Å². The van der Waals surface area contributed by atoms with Gasteiger partial charge in [-0.05, 0) is 55.5 Å². The monoisotopic (exact) mass is 424 g/mol. The highest BCUT2D eigenvalue weighted by Gasteiger charge is 2.31. The van der Waals surface area contributed by atoms with Gasteiger partial charge in [-0.1, -0.05) is 35.9 Å². The molecule has 1 amide bonds. The Balaban J connectivity index is 2.14. The van der Waals surface area contributed by atoms with Crippen LogP contribution in [0.5, 0.6) is 5.75 Å². The first kappa shape index (κ1) is 21.1. The molecule has 3 rings (SSSR count). The molecule has 3 aromatic carbocycles. The molecule has 0 aromatic heterocycles. The van der Waals surface area contributed by atoms with Crippen LogP contribution in [0.4, 0.5) is 11.4 Å². The van der Waals surface area contributed by atoms with E-state index in [1.54, 1.807) is 42.5 Å². The second-order valence-corrected chi connectivity index (χ2v) is 8.20.